The molecule has 1 unspecified atom stereocenters. The van der Waals surface area contributed by atoms with Crippen molar-refractivity contribution >= 4 is 29.2 Å². The van der Waals surface area contributed by atoms with Crippen LogP contribution in [-0.2, 0) is 14.3 Å². The largest absolute Gasteiger partial charge is 0.451 e. The lowest BCUT2D eigenvalue weighted by molar-refractivity contribution is -0.384. The Morgan fingerprint density at radius 3 is 2.54 bits per heavy atom. The Morgan fingerprint density at radius 1 is 1.14 bits per heavy atom. The van der Waals surface area contributed by atoms with Crippen molar-refractivity contribution in [1.29, 1.82) is 0 Å². The van der Waals surface area contributed by atoms with Gasteiger partial charge in [0.15, 0.2) is 6.10 Å². The van der Waals surface area contributed by atoms with E-state index in [0.29, 0.717) is 5.69 Å². The van der Waals surface area contributed by atoms with Gasteiger partial charge in [-0.25, -0.2) is 0 Å². The maximum absolute atomic E-state index is 12.1. The normalized spacial score (nSPS) is 11.2. The predicted octanol–water partition coefficient (Wildman–Crippen LogP) is 2.20. The highest BCUT2D eigenvalue weighted by atomic mass is 16.6. The number of rotatable bonds is 7. The molecule has 0 saturated heterocycles. The molecular weight excluding hydrogens is 366 g/mol. The molecule has 0 saturated carbocycles. The van der Waals surface area contributed by atoms with Crippen molar-refractivity contribution in [1.82, 2.24) is 5.32 Å². The number of non-ortho nitro benzene ring substituents is 1. The van der Waals surface area contributed by atoms with Gasteiger partial charge in [-0.05, 0) is 31.5 Å². The summed E-state index contributed by atoms with van der Waals surface area (Å²) >= 11 is 0. The molecule has 0 spiro atoms. The van der Waals surface area contributed by atoms with Crippen molar-refractivity contribution < 1.29 is 24.0 Å². The topological polar surface area (TPSA) is 128 Å². The van der Waals surface area contributed by atoms with E-state index >= 15 is 0 Å². The number of carbonyl (C=O) groups excluding carboxylic acids is 3. The summed E-state index contributed by atoms with van der Waals surface area (Å²) in [6.07, 6.45) is -1.07. The number of nitrogens with one attached hydrogen (secondary N) is 2. The van der Waals surface area contributed by atoms with E-state index in [1.54, 1.807) is 12.1 Å². The fourth-order valence-electron chi connectivity index (χ4n) is 2.26. The summed E-state index contributed by atoms with van der Waals surface area (Å²) in [5, 5.41) is 15.7. The number of aryl methyl sites for hydroxylation is 1. The third-order valence-electron chi connectivity index (χ3n) is 3.79. The molecular formula is C19H19N3O6. The summed E-state index contributed by atoms with van der Waals surface area (Å²) in [6, 6.07) is 12.2. The van der Waals surface area contributed by atoms with E-state index in [2.05, 4.69) is 10.6 Å². The van der Waals surface area contributed by atoms with E-state index in [1.165, 1.54) is 25.1 Å². The first-order valence-electron chi connectivity index (χ1n) is 8.36. The first kappa shape index (κ1) is 20.6. The second-order valence-corrected chi connectivity index (χ2v) is 5.93. The molecule has 0 aromatic heterocycles. The molecule has 28 heavy (non-hydrogen) atoms. The minimum Gasteiger partial charge on any atom is -0.451 e. The van der Waals surface area contributed by atoms with Gasteiger partial charge in [0, 0.05) is 23.4 Å². The zero-order valence-corrected chi connectivity index (χ0v) is 15.3. The van der Waals surface area contributed by atoms with Crippen LogP contribution in [-0.4, -0.2) is 35.4 Å². The Bertz CT molecular complexity index is 912. The summed E-state index contributed by atoms with van der Waals surface area (Å²) in [5.41, 5.74) is 1.26. The second kappa shape index (κ2) is 9.26. The van der Waals surface area contributed by atoms with E-state index in [4.69, 9.17) is 4.74 Å². The van der Waals surface area contributed by atoms with E-state index in [1.807, 2.05) is 19.1 Å². The maximum atomic E-state index is 12.1. The number of ether oxygens (including phenoxy) is 1. The van der Waals surface area contributed by atoms with Gasteiger partial charge in [-0.2, -0.15) is 0 Å². The third-order valence-corrected chi connectivity index (χ3v) is 3.79. The van der Waals surface area contributed by atoms with Crippen molar-refractivity contribution in [2.24, 2.45) is 0 Å². The fourth-order valence-corrected chi connectivity index (χ4v) is 2.26. The second-order valence-electron chi connectivity index (χ2n) is 5.93. The Labute approximate surface area is 160 Å². The van der Waals surface area contributed by atoms with Gasteiger partial charge in [0.25, 0.3) is 17.5 Å². The number of esters is 1. The molecule has 0 aliphatic heterocycles. The molecule has 9 heteroatoms. The molecule has 9 nitrogen and oxygen atoms in total. The number of benzene rings is 2. The first-order chi connectivity index (χ1) is 13.3. The molecule has 2 rings (SSSR count). The molecule has 0 heterocycles. The van der Waals surface area contributed by atoms with Crippen LogP contribution >= 0.6 is 0 Å². The summed E-state index contributed by atoms with van der Waals surface area (Å²) in [7, 11) is 0. The lowest BCUT2D eigenvalue weighted by Gasteiger charge is -2.15. The number of carbonyl (C=O) groups is 3. The Balaban J connectivity index is 1.85. The van der Waals surface area contributed by atoms with Gasteiger partial charge in [0.1, 0.15) is 6.54 Å². The van der Waals surface area contributed by atoms with E-state index < -0.39 is 35.4 Å². The average molecular weight is 385 g/mol. The van der Waals surface area contributed by atoms with Gasteiger partial charge < -0.3 is 15.4 Å². The standard InChI is InChI=1S/C19H19N3O6/c1-12-6-3-4-9-16(12)21-18(24)13(2)28-17(23)11-20-19(25)14-7-5-8-15(10-14)22(26)27/h3-10,13H,11H2,1-2H3,(H,20,25)(H,21,24). The van der Waals surface area contributed by atoms with Crippen molar-refractivity contribution in [2.45, 2.75) is 20.0 Å². The smallest absolute Gasteiger partial charge is 0.326 e. The van der Waals surface area contributed by atoms with Crippen LogP contribution in [0.4, 0.5) is 11.4 Å². The highest BCUT2D eigenvalue weighted by molar-refractivity contribution is 5.97. The number of hydrogen-bond donors (Lipinski definition) is 2. The molecule has 0 fully saturated rings. The van der Waals surface area contributed by atoms with Crippen LogP contribution in [0.1, 0.15) is 22.8 Å². The van der Waals surface area contributed by atoms with Crippen LogP contribution in [0.25, 0.3) is 0 Å². The minimum atomic E-state index is -1.07. The Kier molecular flexibility index (Phi) is 6.80. The number of nitrogens with zero attached hydrogens (tertiary/aromatic N) is 1. The van der Waals surface area contributed by atoms with E-state index in [-0.39, 0.29) is 11.3 Å². The van der Waals surface area contributed by atoms with Crippen LogP contribution in [0.3, 0.4) is 0 Å². The van der Waals surface area contributed by atoms with Crippen molar-refractivity contribution in [3.8, 4) is 0 Å². The maximum Gasteiger partial charge on any atom is 0.326 e. The number of hydrogen-bond acceptors (Lipinski definition) is 6. The predicted molar refractivity (Wildman–Crippen MR) is 101 cm³/mol. The Morgan fingerprint density at radius 2 is 1.86 bits per heavy atom. The zero-order valence-electron chi connectivity index (χ0n) is 15.3. The summed E-state index contributed by atoms with van der Waals surface area (Å²) in [6.45, 7) is 2.76. The van der Waals surface area contributed by atoms with Crippen LogP contribution in [0, 0.1) is 17.0 Å². The van der Waals surface area contributed by atoms with Gasteiger partial charge in [-0.3, -0.25) is 24.5 Å². The quantitative estimate of drug-likeness (QED) is 0.427. The summed E-state index contributed by atoms with van der Waals surface area (Å²) in [5.74, 6) is -1.99. The molecule has 0 aliphatic carbocycles. The first-order valence-corrected chi connectivity index (χ1v) is 8.36. The molecule has 2 aromatic rings. The van der Waals surface area contributed by atoms with Gasteiger partial charge >= 0.3 is 5.97 Å². The van der Waals surface area contributed by atoms with E-state index in [0.717, 1.165) is 11.6 Å². The number of amides is 2. The monoisotopic (exact) mass is 385 g/mol. The SMILES string of the molecule is Cc1ccccc1NC(=O)C(C)OC(=O)CNC(=O)c1cccc([N+](=O)[O-])c1. The summed E-state index contributed by atoms with van der Waals surface area (Å²) < 4.78 is 5.00. The van der Waals surface area contributed by atoms with Gasteiger partial charge in [0.2, 0.25) is 0 Å². The number of nitro groups is 1. The highest BCUT2D eigenvalue weighted by Crippen LogP contribution is 2.14. The molecule has 2 amide bonds. The number of para-hydroxylation sites is 1. The molecule has 0 bridgehead atoms. The average Bonchev–Trinajstić information content (AvgIpc) is 2.67. The van der Waals surface area contributed by atoms with Crippen LogP contribution in [0.2, 0.25) is 0 Å². The minimum absolute atomic E-state index is 0.0346. The van der Waals surface area contributed by atoms with Crippen LogP contribution in [0.5, 0.6) is 0 Å². The molecule has 1 atom stereocenters. The Hall–Kier alpha value is -3.75. The molecule has 2 N–H and O–H groups in total. The van der Waals surface area contributed by atoms with Crippen molar-refractivity contribution in [2.75, 3.05) is 11.9 Å². The molecule has 0 radical (unpaired) electrons. The van der Waals surface area contributed by atoms with Crippen LogP contribution in [0.15, 0.2) is 48.5 Å². The van der Waals surface area contributed by atoms with Gasteiger partial charge in [-0.1, -0.05) is 24.3 Å². The van der Waals surface area contributed by atoms with Gasteiger partial charge in [0.05, 0.1) is 4.92 Å². The molecule has 0 aliphatic rings. The van der Waals surface area contributed by atoms with Crippen molar-refractivity contribution in [3.63, 3.8) is 0 Å². The lowest BCUT2D eigenvalue weighted by atomic mass is 10.2. The molecule has 146 valence electrons. The zero-order chi connectivity index (χ0) is 20.7. The van der Waals surface area contributed by atoms with Gasteiger partial charge in [-0.15, -0.1) is 0 Å². The number of nitro benzene ring substituents is 1. The number of anilines is 1. The summed E-state index contributed by atoms with van der Waals surface area (Å²) in [4.78, 5) is 46.1. The lowest BCUT2D eigenvalue weighted by Crippen LogP contribution is -2.35. The van der Waals surface area contributed by atoms with E-state index in [9.17, 15) is 24.5 Å². The van der Waals surface area contributed by atoms with Crippen molar-refractivity contribution in [3.05, 3.63) is 69.8 Å². The van der Waals surface area contributed by atoms with Crippen LogP contribution < -0.4 is 10.6 Å². The molecule has 2 aromatic carbocycles. The third kappa shape index (κ3) is 5.63. The highest BCUT2D eigenvalue weighted by Gasteiger charge is 2.19. The fraction of sp³-hybridized carbons (Fsp3) is 0.211.